The molecule has 164 valence electrons. The van der Waals surface area contributed by atoms with Crippen molar-refractivity contribution in [2.24, 2.45) is 5.92 Å². The first kappa shape index (κ1) is 19.5. The fourth-order valence-corrected chi connectivity index (χ4v) is 5.59. The van der Waals surface area contributed by atoms with Gasteiger partial charge in [0, 0.05) is 5.69 Å². The van der Waals surface area contributed by atoms with Crippen molar-refractivity contribution in [3.05, 3.63) is 34.5 Å². The van der Waals surface area contributed by atoms with Crippen LogP contribution in [0.15, 0.2) is 17.2 Å². The van der Waals surface area contributed by atoms with Gasteiger partial charge in [-0.2, -0.15) is 5.10 Å². The topological polar surface area (TPSA) is 77.4 Å². The van der Waals surface area contributed by atoms with Crippen LogP contribution < -0.4 is 14.8 Å². The molecule has 1 atom stereocenters. The maximum Gasteiger partial charge on any atom is 0.329 e. The van der Waals surface area contributed by atoms with Gasteiger partial charge in [0.15, 0.2) is 0 Å². The minimum atomic E-state index is -0.194. The molecule has 3 aliphatic carbocycles. The zero-order valence-corrected chi connectivity index (χ0v) is 18.4. The second-order valence-electron chi connectivity index (χ2n) is 9.10. The fraction of sp³-hybridized carbons (Fsp3) is 0.565. The average Bonchev–Trinajstić information content (AvgIpc) is 3.15. The SMILES string of the molecule is O=C(NSc1cnn2c1OCC(OCC1CC1)C2)Nc1c2c(cc3c1CCC3)CCC2. The summed E-state index contributed by atoms with van der Waals surface area (Å²) in [5.41, 5.74) is 6.57. The van der Waals surface area contributed by atoms with Gasteiger partial charge in [0.25, 0.3) is 0 Å². The summed E-state index contributed by atoms with van der Waals surface area (Å²) in [6.45, 7) is 2.04. The van der Waals surface area contributed by atoms with Gasteiger partial charge >= 0.3 is 6.03 Å². The Hall–Kier alpha value is -2.19. The number of aromatic nitrogens is 2. The van der Waals surface area contributed by atoms with Crippen LogP contribution >= 0.6 is 11.9 Å². The van der Waals surface area contributed by atoms with Gasteiger partial charge in [-0.1, -0.05) is 6.07 Å². The first-order valence-electron chi connectivity index (χ1n) is 11.4. The zero-order valence-electron chi connectivity index (χ0n) is 17.6. The molecule has 2 N–H and O–H groups in total. The summed E-state index contributed by atoms with van der Waals surface area (Å²) in [5.74, 6) is 1.44. The van der Waals surface area contributed by atoms with E-state index in [9.17, 15) is 4.79 Å². The summed E-state index contributed by atoms with van der Waals surface area (Å²) >= 11 is 1.25. The standard InChI is InChI=1S/C23H28N4O3S/c28-23(25-21-18-5-1-3-15(18)9-16-4-2-6-19(16)21)26-31-20-10-24-27-11-17(13-30-22(20)27)29-12-14-7-8-14/h9-10,14,17H,1-8,11-13H2,(H2,25,26,28). The van der Waals surface area contributed by atoms with Crippen LogP contribution in [0.25, 0.3) is 0 Å². The molecule has 0 radical (unpaired) electrons. The second-order valence-corrected chi connectivity index (χ2v) is 9.95. The number of amides is 2. The summed E-state index contributed by atoms with van der Waals surface area (Å²) in [5, 5.41) is 7.59. The van der Waals surface area contributed by atoms with Crippen molar-refractivity contribution in [2.75, 3.05) is 18.5 Å². The summed E-state index contributed by atoms with van der Waals surface area (Å²) in [6.07, 6.45) is 11.1. The second kappa shape index (κ2) is 8.06. The normalized spacial score (nSPS) is 21.2. The van der Waals surface area contributed by atoms with E-state index in [4.69, 9.17) is 9.47 Å². The Morgan fingerprint density at radius 2 is 1.97 bits per heavy atom. The number of aryl methyl sites for hydroxylation is 2. The van der Waals surface area contributed by atoms with E-state index in [0.717, 1.165) is 48.8 Å². The lowest BCUT2D eigenvalue weighted by Crippen LogP contribution is -2.33. The van der Waals surface area contributed by atoms with Crippen LogP contribution in [-0.2, 0) is 37.0 Å². The number of hydrogen-bond acceptors (Lipinski definition) is 5. The maximum absolute atomic E-state index is 12.8. The van der Waals surface area contributed by atoms with E-state index >= 15 is 0 Å². The lowest BCUT2D eigenvalue weighted by molar-refractivity contribution is -0.0179. The van der Waals surface area contributed by atoms with Crippen LogP contribution in [0.4, 0.5) is 10.5 Å². The number of rotatable bonds is 6. The van der Waals surface area contributed by atoms with Crippen LogP contribution in [0, 0.1) is 5.92 Å². The fourth-order valence-electron chi connectivity index (χ4n) is 4.99. The average molecular weight is 441 g/mol. The van der Waals surface area contributed by atoms with Gasteiger partial charge in [0.1, 0.15) is 17.6 Å². The Labute approximate surface area is 186 Å². The highest BCUT2D eigenvalue weighted by Gasteiger charge is 2.28. The molecule has 1 aromatic heterocycles. The van der Waals surface area contributed by atoms with Crippen molar-refractivity contribution in [3.8, 4) is 5.88 Å². The van der Waals surface area contributed by atoms with Gasteiger partial charge in [-0.15, -0.1) is 0 Å². The molecule has 1 aliphatic heterocycles. The van der Waals surface area contributed by atoms with Gasteiger partial charge in [-0.05, 0) is 91.5 Å². The van der Waals surface area contributed by atoms with Crippen molar-refractivity contribution in [2.45, 2.75) is 68.9 Å². The Kier molecular flexibility index (Phi) is 5.07. The Morgan fingerprint density at radius 3 is 2.71 bits per heavy atom. The van der Waals surface area contributed by atoms with Gasteiger partial charge in [-0.25, -0.2) is 9.48 Å². The van der Waals surface area contributed by atoms with Crippen molar-refractivity contribution < 1.29 is 14.3 Å². The summed E-state index contributed by atoms with van der Waals surface area (Å²) in [4.78, 5) is 13.6. The third kappa shape index (κ3) is 3.91. The smallest absolute Gasteiger partial charge is 0.329 e. The molecule has 2 aromatic rings. The predicted molar refractivity (Wildman–Crippen MR) is 119 cm³/mol. The van der Waals surface area contributed by atoms with E-state index in [1.54, 1.807) is 6.20 Å². The number of nitrogens with one attached hydrogen (secondary N) is 2. The third-order valence-corrected chi connectivity index (χ3v) is 7.56. The Bertz CT molecular complexity index is 984. The van der Waals surface area contributed by atoms with Crippen molar-refractivity contribution >= 4 is 23.7 Å². The molecule has 8 heteroatoms. The quantitative estimate of drug-likeness (QED) is 0.667. The summed E-state index contributed by atoms with van der Waals surface area (Å²) < 4.78 is 16.6. The number of benzene rings is 1. The summed E-state index contributed by atoms with van der Waals surface area (Å²) in [7, 11) is 0. The van der Waals surface area contributed by atoms with E-state index in [2.05, 4.69) is 21.2 Å². The van der Waals surface area contributed by atoms with E-state index in [-0.39, 0.29) is 12.1 Å². The molecular weight excluding hydrogens is 412 g/mol. The Balaban J connectivity index is 1.09. The predicted octanol–water partition coefficient (Wildman–Crippen LogP) is 3.88. The van der Waals surface area contributed by atoms with E-state index < -0.39 is 0 Å². The molecule has 0 saturated heterocycles. The van der Waals surface area contributed by atoms with Crippen LogP contribution in [0.1, 0.15) is 47.9 Å². The van der Waals surface area contributed by atoms with Gasteiger partial charge in [-0.3, -0.25) is 4.72 Å². The van der Waals surface area contributed by atoms with Gasteiger partial charge in [0.2, 0.25) is 5.88 Å². The van der Waals surface area contributed by atoms with Crippen LogP contribution in [0.5, 0.6) is 5.88 Å². The number of carbonyl (C=O) groups excluding carboxylic acids is 1. The van der Waals surface area contributed by atoms with Crippen LogP contribution in [0.2, 0.25) is 0 Å². The molecule has 6 rings (SSSR count). The lowest BCUT2D eigenvalue weighted by atomic mass is 9.99. The largest absolute Gasteiger partial charge is 0.474 e. The summed E-state index contributed by atoms with van der Waals surface area (Å²) in [6, 6.07) is 2.18. The van der Waals surface area contributed by atoms with Crippen molar-refractivity contribution in [3.63, 3.8) is 0 Å². The molecule has 0 spiro atoms. The molecular formula is C23H28N4O3S. The molecule has 4 aliphatic rings. The number of fused-ring (bicyclic) bond motifs is 3. The number of urea groups is 1. The van der Waals surface area contributed by atoms with Gasteiger partial charge in [0.05, 0.1) is 19.3 Å². The Morgan fingerprint density at radius 1 is 1.19 bits per heavy atom. The number of nitrogens with zero attached hydrogens (tertiary/aromatic N) is 2. The zero-order chi connectivity index (χ0) is 20.8. The molecule has 7 nitrogen and oxygen atoms in total. The maximum atomic E-state index is 12.8. The van der Waals surface area contributed by atoms with Crippen molar-refractivity contribution in [1.82, 2.24) is 14.5 Å². The first-order chi connectivity index (χ1) is 15.2. The molecule has 1 aromatic carbocycles. The van der Waals surface area contributed by atoms with E-state index in [0.29, 0.717) is 19.0 Å². The number of hydrogen-bond donors (Lipinski definition) is 2. The number of carbonyl (C=O) groups is 1. The monoisotopic (exact) mass is 440 g/mol. The third-order valence-electron chi connectivity index (χ3n) is 6.77. The molecule has 0 bridgehead atoms. The minimum Gasteiger partial charge on any atom is -0.474 e. The van der Waals surface area contributed by atoms with Crippen LogP contribution in [0.3, 0.4) is 0 Å². The molecule has 2 heterocycles. The molecule has 1 unspecified atom stereocenters. The molecule has 1 saturated carbocycles. The van der Waals surface area contributed by atoms with E-state index in [1.165, 1.54) is 59.9 Å². The van der Waals surface area contributed by atoms with Gasteiger partial charge < -0.3 is 14.8 Å². The number of anilines is 1. The molecule has 1 fully saturated rings. The lowest BCUT2D eigenvalue weighted by Gasteiger charge is -2.24. The first-order valence-corrected chi connectivity index (χ1v) is 12.3. The van der Waals surface area contributed by atoms with E-state index in [1.807, 2.05) is 4.68 Å². The number of ether oxygens (including phenoxy) is 2. The van der Waals surface area contributed by atoms with Crippen molar-refractivity contribution in [1.29, 1.82) is 0 Å². The molecule has 31 heavy (non-hydrogen) atoms. The minimum absolute atomic E-state index is 0.0457. The highest BCUT2D eigenvalue weighted by molar-refractivity contribution is 7.98. The molecule has 2 amide bonds. The van der Waals surface area contributed by atoms with Crippen LogP contribution in [-0.4, -0.2) is 35.1 Å². The highest BCUT2D eigenvalue weighted by Crippen LogP contribution is 2.39. The highest BCUT2D eigenvalue weighted by atomic mass is 32.2.